The third-order valence-electron chi connectivity index (χ3n) is 5.37. The van der Waals surface area contributed by atoms with Crippen LogP contribution in [-0.4, -0.2) is 82.2 Å². The number of hydrogen-bond acceptors (Lipinski definition) is 11. The zero-order chi connectivity index (χ0) is 23.2. The molecule has 4 N–H and O–H groups in total. The van der Waals surface area contributed by atoms with Crippen LogP contribution in [0.2, 0.25) is 0 Å². The number of amides is 2. The van der Waals surface area contributed by atoms with E-state index in [0.29, 0.717) is 12.8 Å². The van der Waals surface area contributed by atoms with Crippen molar-refractivity contribution >= 4 is 61.6 Å². The van der Waals surface area contributed by atoms with Gasteiger partial charge in [-0.05, 0) is 18.4 Å². The van der Waals surface area contributed by atoms with Crippen molar-refractivity contribution in [2.24, 2.45) is 5.16 Å². The van der Waals surface area contributed by atoms with Gasteiger partial charge in [0.1, 0.15) is 29.9 Å². The first-order chi connectivity index (χ1) is 15.2. The number of carboxylic acids is 1. The summed E-state index contributed by atoms with van der Waals surface area (Å²) >= 11 is 2.31. The molecular formula is C17H19N5O7S3. The molecule has 172 valence electrons. The molecule has 0 spiro atoms. The van der Waals surface area contributed by atoms with E-state index in [1.807, 2.05) is 0 Å². The number of hydrogen-bond donors (Lipinski definition) is 3. The number of thioether (sulfide) groups is 1. The van der Waals surface area contributed by atoms with Crippen LogP contribution in [0.15, 0.2) is 21.8 Å². The molecule has 0 bridgehead atoms. The fraction of sp³-hybridized carbons (Fsp3) is 0.471. The molecule has 3 aliphatic rings. The Bertz CT molecular complexity index is 1160. The lowest BCUT2D eigenvalue weighted by atomic mass is 10.00. The highest BCUT2D eigenvalue weighted by atomic mass is 32.2. The van der Waals surface area contributed by atoms with Crippen LogP contribution >= 0.6 is 23.1 Å². The molecule has 2 saturated heterocycles. The SMILES string of the molecule is CON=C(C(=O)N[C@@H]1C(=O)N2C(C(=O)O)=C(C3CCCS3(=O)=O)CS[C@H]12)c1csc(N)n1. The predicted octanol–water partition coefficient (Wildman–Crippen LogP) is -0.608. The zero-order valence-electron chi connectivity index (χ0n) is 16.7. The van der Waals surface area contributed by atoms with Crippen molar-refractivity contribution < 1.29 is 32.7 Å². The molecule has 15 heteroatoms. The van der Waals surface area contributed by atoms with Crippen LogP contribution in [0.25, 0.3) is 0 Å². The number of β-lactam (4-membered cyclic amide) rings is 1. The molecule has 1 aromatic heterocycles. The molecule has 0 aromatic carbocycles. The molecule has 2 fully saturated rings. The Morgan fingerprint density at radius 1 is 1.44 bits per heavy atom. The molecule has 0 saturated carbocycles. The van der Waals surface area contributed by atoms with E-state index in [1.165, 1.54) is 24.3 Å². The van der Waals surface area contributed by atoms with Gasteiger partial charge < -0.3 is 21.0 Å². The van der Waals surface area contributed by atoms with Crippen molar-refractivity contribution in [1.82, 2.24) is 15.2 Å². The number of sulfone groups is 1. The summed E-state index contributed by atoms with van der Waals surface area (Å²) < 4.78 is 24.7. The molecule has 3 aliphatic heterocycles. The van der Waals surface area contributed by atoms with Crippen LogP contribution in [0, 0.1) is 0 Å². The number of nitrogen functional groups attached to an aromatic ring is 1. The number of nitrogens with one attached hydrogen (secondary N) is 1. The number of aliphatic carboxylic acids is 1. The van der Waals surface area contributed by atoms with E-state index in [4.69, 9.17) is 10.6 Å². The van der Waals surface area contributed by atoms with Gasteiger partial charge in [0.15, 0.2) is 20.7 Å². The summed E-state index contributed by atoms with van der Waals surface area (Å²) in [6.45, 7) is 0. The van der Waals surface area contributed by atoms with Gasteiger partial charge in [0, 0.05) is 11.1 Å². The summed E-state index contributed by atoms with van der Waals surface area (Å²) in [6.07, 6.45) is 0.780. The van der Waals surface area contributed by atoms with Crippen molar-refractivity contribution in [2.45, 2.75) is 29.5 Å². The van der Waals surface area contributed by atoms with E-state index in [1.54, 1.807) is 0 Å². The highest BCUT2D eigenvalue weighted by molar-refractivity contribution is 8.00. The lowest BCUT2D eigenvalue weighted by molar-refractivity contribution is -0.150. The minimum absolute atomic E-state index is 0.00245. The minimum atomic E-state index is -3.45. The van der Waals surface area contributed by atoms with Gasteiger partial charge in [-0.3, -0.25) is 14.5 Å². The summed E-state index contributed by atoms with van der Waals surface area (Å²) in [6, 6.07) is -1.01. The largest absolute Gasteiger partial charge is 0.477 e. The lowest BCUT2D eigenvalue weighted by Gasteiger charge is -2.49. The van der Waals surface area contributed by atoms with Crippen LogP contribution in [-0.2, 0) is 29.1 Å². The molecule has 12 nitrogen and oxygen atoms in total. The molecule has 32 heavy (non-hydrogen) atoms. The maximum Gasteiger partial charge on any atom is 0.352 e. The second kappa shape index (κ2) is 8.37. The Labute approximate surface area is 190 Å². The molecule has 0 aliphatic carbocycles. The van der Waals surface area contributed by atoms with E-state index < -0.39 is 44.3 Å². The number of rotatable bonds is 6. The van der Waals surface area contributed by atoms with Gasteiger partial charge in [-0.1, -0.05) is 5.16 Å². The first-order valence-corrected chi connectivity index (χ1v) is 13.1. The number of aromatic nitrogens is 1. The molecule has 3 atom stereocenters. The van der Waals surface area contributed by atoms with Gasteiger partial charge in [0.05, 0.1) is 11.0 Å². The average molecular weight is 502 g/mol. The van der Waals surface area contributed by atoms with Crippen molar-refractivity contribution in [2.75, 3.05) is 24.3 Å². The van der Waals surface area contributed by atoms with Crippen molar-refractivity contribution in [3.05, 3.63) is 22.3 Å². The number of anilines is 1. The van der Waals surface area contributed by atoms with Gasteiger partial charge >= 0.3 is 5.97 Å². The number of fused-ring (bicyclic) bond motifs is 1. The van der Waals surface area contributed by atoms with E-state index in [0.717, 1.165) is 16.2 Å². The van der Waals surface area contributed by atoms with Gasteiger partial charge in [0.2, 0.25) is 0 Å². The topological polar surface area (TPSA) is 181 Å². The van der Waals surface area contributed by atoms with Crippen LogP contribution in [0.4, 0.5) is 5.13 Å². The summed E-state index contributed by atoms with van der Waals surface area (Å²) in [5.74, 6) is -2.62. The van der Waals surface area contributed by atoms with Crippen LogP contribution in [0.3, 0.4) is 0 Å². The maximum atomic E-state index is 12.8. The van der Waals surface area contributed by atoms with Gasteiger partial charge in [-0.2, -0.15) is 0 Å². The van der Waals surface area contributed by atoms with Gasteiger partial charge in [0.25, 0.3) is 11.8 Å². The first-order valence-electron chi connectivity index (χ1n) is 9.41. The van der Waals surface area contributed by atoms with E-state index in [9.17, 15) is 27.9 Å². The summed E-state index contributed by atoms with van der Waals surface area (Å²) in [5.41, 5.74) is 5.51. The Kier molecular flexibility index (Phi) is 5.89. The van der Waals surface area contributed by atoms with Crippen LogP contribution in [0.5, 0.6) is 0 Å². The quantitative estimate of drug-likeness (QED) is 0.258. The molecule has 0 radical (unpaired) electrons. The van der Waals surface area contributed by atoms with E-state index in [-0.39, 0.29) is 39.3 Å². The number of carbonyl (C=O) groups excluding carboxylic acids is 2. The zero-order valence-corrected chi connectivity index (χ0v) is 19.1. The normalized spacial score (nSPS) is 27.0. The summed E-state index contributed by atoms with van der Waals surface area (Å²) in [7, 11) is -2.21. The molecule has 1 unspecified atom stereocenters. The van der Waals surface area contributed by atoms with Crippen LogP contribution < -0.4 is 11.1 Å². The minimum Gasteiger partial charge on any atom is -0.477 e. The van der Waals surface area contributed by atoms with Crippen LogP contribution in [0.1, 0.15) is 18.5 Å². The Morgan fingerprint density at radius 3 is 2.75 bits per heavy atom. The van der Waals surface area contributed by atoms with Gasteiger partial charge in [-0.15, -0.1) is 23.1 Å². The lowest BCUT2D eigenvalue weighted by Crippen LogP contribution is -2.71. The smallest absolute Gasteiger partial charge is 0.352 e. The molecule has 4 heterocycles. The first kappa shape index (κ1) is 22.5. The number of thiazole rings is 1. The highest BCUT2D eigenvalue weighted by Gasteiger charge is 2.56. The Balaban J connectivity index is 1.57. The fourth-order valence-corrected chi connectivity index (χ4v) is 8.06. The number of carboxylic acid groups (broad SMARTS) is 1. The molecule has 2 amide bonds. The van der Waals surface area contributed by atoms with E-state index >= 15 is 0 Å². The predicted molar refractivity (Wildman–Crippen MR) is 117 cm³/mol. The molecule has 1 aromatic rings. The highest BCUT2D eigenvalue weighted by Crippen LogP contribution is 2.43. The summed E-state index contributed by atoms with van der Waals surface area (Å²) in [5, 5.41) is 16.1. The number of carbonyl (C=O) groups is 3. The monoisotopic (exact) mass is 501 g/mol. The second-order valence-electron chi connectivity index (χ2n) is 7.23. The number of nitrogens with zero attached hydrogens (tertiary/aromatic N) is 3. The average Bonchev–Trinajstić information content (AvgIpc) is 3.32. The van der Waals surface area contributed by atoms with Crippen molar-refractivity contribution in [3.8, 4) is 0 Å². The number of nitrogens with two attached hydrogens (primary N) is 1. The van der Waals surface area contributed by atoms with Gasteiger partial charge in [-0.25, -0.2) is 18.2 Å². The maximum absolute atomic E-state index is 12.8. The third kappa shape index (κ3) is 3.73. The second-order valence-corrected chi connectivity index (χ2v) is 11.5. The third-order valence-corrected chi connectivity index (χ3v) is 9.59. The Morgan fingerprint density at radius 2 is 2.19 bits per heavy atom. The molecular weight excluding hydrogens is 482 g/mol. The number of oxime groups is 1. The van der Waals surface area contributed by atoms with E-state index in [2.05, 4.69) is 15.5 Å². The standard InChI is InChI=1S/C17H19N5O7S3/c1-29-21-10(8-6-31-17(18)19-8)13(23)20-11-14(24)22-12(16(25)26)7(5-30-15(11)22)9-3-2-4-32(9,27)28/h6,9,11,15H,2-5H2,1H3,(H2,18,19)(H,20,23)(H,25,26)/t9?,11-,15-/m1/s1. The Hall–Kier alpha value is -2.65. The van der Waals surface area contributed by atoms with Crippen molar-refractivity contribution in [3.63, 3.8) is 0 Å². The summed E-state index contributed by atoms with van der Waals surface area (Å²) in [4.78, 5) is 47.3. The fourth-order valence-electron chi connectivity index (χ4n) is 3.97. The van der Waals surface area contributed by atoms with Crippen molar-refractivity contribution in [1.29, 1.82) is 0 Å². The molecule has 4 rings (SSSR count).